The van der Waals surface area contributed by atoms with E-state index in [1.807, 2.05) is 0 Å². The number of rotatable bonds is 5. The lowest BCUT2D eigenvalue weighted by Gasteiger charge is -2.56. The summed E-state index contributed by atoms with van der Waals surface area (Å²) in [5, 5.41) is 10.0. The van der Waals surface area contributed by atoms with E-state index < -0.39 is 6.03 Å². The zero-order chi connectivity index (χ0) is 21.6. The maximum atomic E-state index is 13.1. The highest BCUT2D eigenvalue weighted by Gasteiger charge is 2.51. The van der Waals surface area contributed by atoms with Gasteiger partial charge in [-0.15, -0.1) is 5.10 Å². The van der Waals surface area contributed by atoms with Gasteiger partial charge in [-0.2, -0.15) is 0 Å². The predicted molar refractivity (Wildman–Crippen MR) is 121 cm³/mol. The Morgan fingerprint density at radius 2 is 1.77 bits per heavy atom. The van der Waals surface area contributed by atoms with Crippen molar-refractivity contribution < 1.29 is 14.0 Å². The van der Waals surface area contributed by atoms with Crippen LogP contribution in [-0.2, 0) is 4.79 Å². The van der Waals surface area contributed by atoms with Gasteiger partial charge in [0.2, 0.25) is 5.91 Å². The van der Waals surface area contributed by atoms with Crippen molar-refractivity contribution in [3.05, 3.63) is 34.0 Å². The molecule has 0 saturated heterocycles. The number of nitrogens with one attached hydrogen (secondary N) is 2. The number of hydrogen-bond acceptors (Lipinski definition) is 6. The van der Waals surface area contributed by atoms with Crippen molar-refractivity contribution in [3.8, 4) is 5.69 Å². The van der Waals surface area contributed by atoms with E-state index in [-0.39, 0.29) is 23.0 Å². The summed E-state index contributed by atoms with van der Waals surface area (Å²) >= 11 is 7.83. The number of amides is 3. The number of halogens is 1. The molecule has 1 heterocycles. The number of urea groups is 1. The third kappa shape index (κ3) is 4.56. The minimum Gasteiger partial charge on any atom is -0.332 e. The molecule has 0 aliphatic heterocycles. The van der Waals surface area contributed by atoms with Gasteiger partial charge in [0.15, 0.2) is 8.29 Å². The van der Waals surface area contributed by atoms with Gasteiger partial charge in [-0.1, -0.05) is 23.1 Å². The van der Waals surface area contributed by atoms with Crippen molar-refractivity contribution in [2.45, 2.75) is 48.4 Å². The molecular formula is C21H23FN4O2S3. The van der Waals surface area contributed by atoms with Gasteiger partial charge in [0, 0.05) is 5.54 Å². The van der Waals surface area contributed by atoms with E-state index in [0.717, 1.165) is 37.0 Å². The Hall–Kier alpha value is -1.78. The number of hydrogen-bond donors (Lipinski definition) is 2. The second-order valence-electron chi connectivity index (χ2n) is 9.01. The van der Waals surface area contributed by atoms with Gasteiger partial charge < -0.3 is 5.32 Å². The number of imide groups is 1. The number of carbonyl (C=O) groups is 2. The SMILES string of the molecule is O=C(CSc1nn(-c2ccc(F)cc2)c(=S)s1)NC(=O)NC12CC3CC(CC(C3)C1)C2. The second kappa shape index (κ2) is 8.29. The highest BCUT2D eigenvalue weighted by Crippen LogP contribution is 2.55. The molecule has 4 fully saturated rings. The van der Waals surface area contributed by atoms with Crippen LogP contribution in [0.4, 0.5) is 9.18 Å². The second-order valence-corrected chi connectivity index (χ2v) is 11.9. The molecule has 0 atom stereocenters. The van der Waals surface area contributed by atoms with Crippen LogP contribution < -0.4 is 10.6 Å². The lowest BCUT2D eigenvalue weighted by molar-refractivity contribution is -0.117. The summed E-state index contributed by atoms with van der Waals surface area (Å²) in [5.74, 6) is 1.56. The summed E-state index contributed by atoms with van der Waals surface area (Å²) in [6.07, 6.45) is 7.02. The van der Waals surface area contributed by atoms with Crippen LogP contribution in [-0.4, -0.2) is 33.0 Å². The Bertz CT molecular complexity index is 1030. The number of carbonyl (C=O) groups excluding carboxylic acids is 2. The van der Waals surface area contributed by atoms with Crippen molar-refractivity contribution in [2.24, 2.45) is 17.8 Å². The Labute approximate surface area is 193 Å². The third-order valence-corrected chi connectivity index (χ3v) is 8.96. The molecular weight excluding hydrogens is 455 g/mol. The molecule has 3 amide bonds. The fraction of sp³-hybridized carbons (Fsp3) is 0.524. The summed E-state index contributed by atoms with van der Waals surface area (Å²) in [4.78, 5) is 24.8. The van der Waals surface area contributed by atoms with E-state index in [1.165, 1.54) is 54.5 Å². The monoisotopic (exact) mass is 478 g/mol. The highest BCUT2D eigenvalue weighted by molar-refractivity contribution is 8.01. The number of benzene rings is 1. The molecule has 31 heavy (non-hydrogen) atoms. The molecule has 1 aromatic carbocycles. The van der Waals surface area contributed by atoms with E-state index in [9.17, 15) is 14.0 Å². The summed E-state index contributed by atoms with van der Waals surface area (Å²) in [7, 11) is 0. The van der Waals surface area contributed by atoms with Gasteiger partial charge in [0.05, 0.1) is 11.4 Å². The Morgan fingerprint density at radius 3 is 2.39 bits per heavy atom. The topological polar surface area (TPSA) is 76.0 Å². The first-order valence-corrected chi connectivity index (χ1v) is 12.7. The Kier molecular flexibility index (Phi) is 5.64. The van der Waals surface area contributed by atoms with Crippen LogP contribution in [0.2, 0.25) is 0 Å². The third-order valence-electron chi connectivity index (χ3n) is 6.60. The first kappa shape index (κ1) is 21.1. The number of aromatic nitrogens is 2. The molecule has 0 unspecified atom stereocenters. The number of nitrogens with zero attached hydrogens (tertiary/aromatic N) is 2. The van der Waals surface area contributed by atoms with Crippen LogP contribution in [0.25, 0.3) is 5.69 Å². The minimum atomic E-state index is -0.392. The van der Waals surface area contributed by atoms with Gasteiger partial charge in [-0.25, -0.2) is 13.9 Å². The standard InChI is InChI=1S/C21H23FN4O2S3/c22-15-1-3-16(4-2-15)26-20(29)31-19(25-26)30-11-17(27)23-18(28)24-21-8-12-5-13(9-21)7-14(6-12)10-21/h1-4,12-14H,5-11H2,(H2,23,24,27,28). The van der Waals surface area contributed by atoms with Crippen molar-refractivity contribution in [2.75, 3.05) is 5.75 Å². The summed E-state index contributed by atoms with van der Waals surface area (Å²) in [6.45, 7) is 0. The fourth-order valence-electron chi connectivity index (χ4n) is 5.89. The Morgan fingerprint density at radius 1 is 1.16 bits per heavy atom. The molecule has 4 aliphatic carbocycles. The molecule has 2 aromatic rings. The van der Waals surface area contributed by atoms with E-state index in [1.54, 1.807) is 16.8 Å². The van der Waals surface area contributed by atoms with Gasteiger partial charge in [-0.05, 0) is 92.8 Å². The maximum Gasteiger partial charge on any atom is 0.321 e. The number of thioether (sulfide) groups is 1. The molecule has 4 bridgehead atoms. The van der Waals surface area contributed by atoms with E-state index in [0.29, 0.717) is 14.0 Å². The van der Waals surface area contributed by atoms with Gasteiger partial charge in [-0.3, -0.25) is 10.1 Å². The lowest BCUT2D eigenvalue weighted by Crippen LogP contribution is -2.61. The van der Waals surface area contributed by atoms with Gasteiger partial charge >= 0.3 is 6.03 Å². The first-order chi connectivity index (χ1) is 14.9. The average molecular weight is 479 g/mol. The van der Waals surface area contributed by atoms with Crippen LogP contribution in [0.1, 0.15) is 38.5 Å². The maximum absolute atomic E-state index is 13.1. The van der Waals surface area contributed by atoms with Crippen LogP contribution >= 0.6 is 35.3 Å². The molecule has 164 valence electrons. The molecule has 10 heteroatoms. The summed E-state index contributed by atoms with van der Waals surface area (Å²) < 4.78 is 15.8. The molecule has 6 rings (SSSR count). The molecule has 4 saturated carbocycles. The van der Waals surface area contributed by atoms with Crippen molar-refractivity contribution >= 4 is 47.3 Å². The van der Waals surface area contributed by atoms with Crippen LogP contribution in [0.15, 0.2) is 28.6 Å². The van der Waals surface area contributed by atoms with Crippen molar-refractivity contribution in [1.82, 2.24) is 20.4 Å². The molecule has 0 radical (unpaired) electrons. The summed E-state index contributed by atoms with van der Waals surface area (Å²) in [6, 6.07) is 5.50. The van der Waals surface area contributed by atoms with Crippen molar-refractivity contribution in [1.29, 1.82) is 0 Å². The van der Waals surface area contributed by atoms with Crippen molar-refractivity contribution in [3.63, 3.8) is 0 Å². The van der Waals surface area contributed by atoms with Gasteiger partial charge in [0.1, 0.15) is 5.82 Å². The molecule has 2 N–H and O–H groups in total. The summed E-state index contributed by atoms with van der Waals surface area (Å²) in [5.41, 5.74) is 0.536. The van der Waals surface area contributed by atoms with Crippen LogP contribution in [0.3, 0.4) is 0 Å². The highest BCUT2D eigenvalue weighted by atomic mass is 32.2. The van der Waals surface area contributed by atoms with E-state index in [2.05, 4.69) is 15.7 Å². The van der Waals surface area contributed by atoms with E-state index in [4.69, 9.17) is 12.2 Å². The molecule has 1 aromatic heterocycles. The predicted octanol–water partition coefficient (Wildman–Crippen LogP) is 4.69. The van der Waals surface area contributed by atoms with Gasteiger partial charge in [0.25, 0.3) is 0 Å². The normalized spacial score (nSPS) is 28.5. The molecule has 6 nitrogen and oxygen atoms in total. The largest absolute Gasteiger partial charge is 0.332 e. The van der Waals surface area contributed by atoms with E-state index >= 15 is 0 Å². The smallest absolute Gasteiger partial charge is 0.321 e. The lowest BCUT2D eigenvalue weighted by atomic mass is 9.53. The zero-order valence-corrected chi connectivity index (χ0v) is 19.3. The molecule has 0 spiro atoms. The Balaban J connectivity index is 1.15. The fourth-order valence-corrected chi connectivity index (χ4v) is 8.05. The quantitative estimate of drug-likeness (QED) is 0.482. The average Bonchev–Trinajstić information content (AvgIpc) is 3.06. The first-order valence-electron chi connectivity index (χ1n) is 10.5. The molecule has 4 aliphatic rings. The zero-order valence-electron chi connectivity index (χ0n) is 16.8. The minimum absolute atomic E-state index is 0.0694. The van der Waals surface area contributed by atoms with Crippen LogP contribution in [0, 0.1) is 27.5 Å². The van der Waals surface area contributed by atoms with Crippen LogP contribution in [0.5, 0.6) is 0 Å².